The van der Waals surface area contributed by atoms with Crippen LogP contribution in [-0.4, -0.2) is 60.0 Å². The zero-order valence-electron chi connectivity index (χ0n) is 10.0. The van der Waals surface area contributed by atoms with Crippen LogP contribution in [0.3, 0.4) is 0 Å². The molecule has 98 valence electrons. The van der Waals surface area contributed by atoms with Gasteiger partial charge in [-0.1, -0.05) is 6.42 Å². The van der Waals surface area contributed by atoms with Crippen molar-refractivity contribution in [2.75, 3.05) is 32.9 Å². The highest BCUT2D eigenvalue weighted by molar-refractivity contribution is 4.93. The molecule has 2 aliphatic heterocycles. The first kappa shape index (κ1) is 11.9. The van der Waals surface area contributed by atoms with Gasteiger partial charge >= 0.3 is 0 Å². The molecule has 0 aromatic heterocycles. The zero-order valence-corrected chi connectivity index (χ0v) is 10.0. The van der Waals surface area contributed by atoms with Gasteiger partial charge in [-0.2, -0.15) is 0 Å². The Morgan fingerprint density at radius 1 is 1.06 bits per heavy atom. The molecule has 2 heterocycles. The highest BCUT2D eigenvalue weighted by Gasteiger charge is 2.49. The van der Waals surface area contributed by atoms with Gasteiger partial charge in [0.25, 0.3) is 5.91 Å². The molecular weight excluding hydrogens is 222 g/mol. The molecule has 0 bridgehead atoms. The number of likely N-dealkylation sites (tertiary alicyclic amines) is 1. The minimum atomic E-state index is -1.87. The molecule has 3 atom stereocenters. The standard InChI is InChI=1S/C12H21NO4/c14-12(15,11-8-16-4-5-17-11)13-6-9-2-1-3-10(9)7-13/h9-11,14-15H,1-8H2. The minimum Gasteiger partial charge on any atom is -0.376 e. The van der Waals surface area contributed by atoms with Crippen molar-refractivity contribution in [3.8, 4) is 0 Å². The SMILES string of the molecule is OC(O)(C1COCCO1)N1CC2CCCC2C1. The number of aliphatic hydroxyl groups is 2. The van der Waals surface area contributed by atoms with Crippen molar-refractivity contribution in [3.05, 3.63) is 0 Å². The van der Waals surface area contributed by atoms with Gasteiger partial charge in [0.05, 0.1) is 19.8 Å². The van der Waals surface area contributed by atoms with E-state index in [1.54, 1.807) is 4.90 Å². The molecule has 17 heavy (non-hydrogen) atoms. The third kappa shape index (κ3) is 2.11. The largest absolute Gasteiger partial charge is 0.376 e. The Kier molecular flexibility index (Phi) is 3.13. The van der Waals surface area contributed by atoms with Gasteiger partial charge in [0.15, 0.2) is 0 Å². The van der Waals surface area contributed by atoms with Crippen LogP contribution in [0.5, 0.6) is 0 Å². The van der Waals surface area contributed by atoms with E-state index < -0.39 is 12.0 Å². The van der Waals surface area contributed by atoms with E-state index in [0.717, 1.165) is 13.1 Å². The maximum Gasteiger partial charge on any atom is 0.255 e. The molecule has 0 spiro atoms. The number of hydrogen-bond donors (Lipinski definition) is 2. The molecule has 5 heteroatoms. The quantitative estimate of drug-likeness (QED) is 0.656. The summed E-state index contributed by atoms with van der Waals surface area (Å²) < 4.78 is 10.7. The van der Waals surface area contributed by atoms with Crippen LogP contribution in [-0.2, 0) is 9.47 Å². The highest BCUT2D eigenvalue weighted by Crippen LogP contribution is 2.40. The molecule has 0 amide bonds. The van der Waals surface area contributed by atoms with Crippen LogP contribution >= 0.6 is 0 Å². The maximum absolute atomic E-state index is 10.3. The molecule has 0 aromatic carbocycles. The third-order valence-corrected chi connectivity index (χ3v) is 4.44. The van der Waals surface area contributed by atoms with E-state index in [-0.39, 0.29) is 6.61 Å². The third-order valence-electron chi connectivity index (χ3n) is 4.44. The van der Waals surface area contributed by atoms with E-state index in [0.29, 0.717) is 25.0 Å². The first-order valence-electron chi connectivity index (χ1n) is 6.57. The molecule has 0 aromatic rings. The van der Waals surface area contributed by atoms with Crippen molar-refractivity contribution in [1.29, 1.82) is 0 Å². The Bertz CT molecular complexity index is 266. The molecule has 3 aliphatic rings. The van der Waals surface area contributed by atoms with E-state index in [4.69, 9.17) is 9.47 Å². The highest BCUT2D eigenvalue weighted by atomic mass is 16.6. The lowest BCUT2D eigenvalue weighted by molar-refractivity contribution is -0.333. The van der Waals surface area contributed by atoms with Gasteiger partial charge in [-0.25, -0.2) is 4.90 Å². The van der Waals surface area contributed by atoms with Crippen LogP contribution in [0.4, 0.5) is 0 Å². The van der Waals surface area contributed by atoms with Gasteiger partial charge < -0.3 is 19.7 Å². The second kappa shape index (κ2) is 4.48. The fraction of sp³-hybridized carbons (Fsp3) is 1.00. The molecule has 1 saturated carbocycles. The number of ether oxygens (including phenoxy) is 2. The Morgan fingerprint density at radius 3 is 2.35 bits per heavy atom. The second-order valence-electron chi connectivity index (χ2n) is 5.48. The lowest BCUT2D eigenvalue weighted by Crippen LogP contribution is -2.60. The van der Waals surface area contributed by atoms with Crippen molar-refractivity contribution < 1.29 is 19.7 Å². The van der Waals surface area contributed by atoms with Crippen LogP contribution in [0.1, 0.15) is 19.3 Å². The van der Waals surface area contributed by atoms with E-state index in [9.17, 15) is 10.2 Å². The average molecular weight is 243 g/mol. The van der Waals surface area contributed by atoms with Crippen molar-refractivity contribution in [2.24, 2.45) is 11.8 Å². The average Bonchev–Trinajstić information content (AvgIpc) is 2.90. The van der Waals surface area contributed by atoms with Crippen LogP contribution in [0.2, 0.25) is 0 Å². The maximum atomic E-state index is 10.3. The molecular formula is C12H21NO4. The Labute approximate surface area is 101 Å². The second-order valence-corrected chi connectivity index (χ2v) is 5.48. The summed E-state index contributed by atoms with van der Waals surface area (Å²) in [5.74, 6) is -0.596. The summed E-state index contributed by atoms with van der Waals surface area (Å²) in [4.78, 5) is 1.76. The van der Waals surface area contributed by atoms with Gasteiger partial charge in [0, 0.05) is 13.1 Å². The molecule has 2 saturated heterocycles. The van der Waals surface area contributed by atoms with E-state index in [1.165, 1.54) is 19.3 Å². The van der Waals surface area contributed by atoms with Crippen molar-refractivity contribution >= 4 is 0 Å². The summed E-state index contributed by atoms with van der Waals surface area (Å²) >= 11 is 0. The number of fused-ring (bicyclic) bond motifs is 1. The minimum absolute atomic E-state index is 0.263. The Morgan fingerprint density at radius 2 is 1.76 bits per heavy atom. The Balaban J connectivity index is 1.66. The fourth-order valence-electron chi connectivity index (χ4n) is 3.42. The predicted molar refractivity (Wildman–Crippen MR) is 60.1 cm³/mol. The summed E-state index contributed by atoms with van der Waals surface area (Å²) in [7, 11) is 0. The normalized spacial score (nSPS) is 39.5. The van der Waals surface area contributed by atoms with Crippen LogP contribution < -0.4 is 0 Å². The molecule has 5 nitrogen and oxygen atoms in total. The molecule has 3 rings (SSSR count). The summed E-state index contributed by atoms with van der Waals surface area (Å²) in [6.45, 7) is 2.79. The van der Waals surface area contributed by atoms with Crippen LogP contribution in [0.15, 0.2) is 0 Å². The van der Waals surface area contributed by atoms with E-state index >= 15 is 0 Å². The fourth-order valence-corrected chi connectivity index (χ4v) is 3.42. The summed E-state index contributed by atoms with van der Waals surface area (Å²) in [6.07, 6.45) is 3.09. The number of hydrogen-bond acceptors (Lipinski definition) is 5. The molecule has 1 aliphatic carbocycles. The van der Waals surface area contributed by atoms with E-state index in [2.05, 4.69) is 0 Å². The van der Waals surface area contributed by atoms with Crippen LogP contribution in [0.25, 0.3) is 0 Å². The van der Waals surface area contributed by atoms with Crippen molar-refractivity contribution in [1.82, 2.24) is 4.90 Å². The monoisotopic (exact) mass is 243 g/mol. The topological polar surface area (TPSA) is 62.2 Å². The van der Waals surface area contributed by atoms with Crippen molar-refractivity contribution in [2.45, 2.75) is 31.3 Å². The van der Waals surface area contributed by atoms with Gasteiger partial charge in [0.1, 0.15) is 6.10 Å². The Hall–Kier alpha value is -0.200. The first-order valence-corrected chi connectivity index (χ1v) is 6.57. The van der Waals surface area contributed by atoms with Gasteiger partial charge in [-0.3, -0.25) is 0 Å². The molecule has 3 unspecified atom stereocenters. The first-order chi connectivity index (χ1) is 8.18. The van der Waals surface area contributed by atoms with Gasteiger partial charge in [0.2, 0.25) is 0 Å². The zero-order chi connectivity index (χ0) is 11.9. The predicted octanol–water partition coefficient (Wildman–Crippen LogP) is -0.228. The molecule has 0 radical (unpaired) electrons. The molecule has 3 fully saturated rings. The molecule has 2 N–H and O–H groups in total. The van der Waals surface area contributed by atoms with Gasteiger partial charge in [-0.05, 0) is 24.7 Å². The smallest absolute Gasteiger partial charge is 0.255 e. The summed E-state index contributed by atoms with van der Waals surface area (Å²) in [6, 6.07) is 0. The number of rotatable bonds is 2. The lowest BCUT2D eigenvalue weighted by Gasteiger charge is -2.39. The van der Waals surface area contributed by atoms with Crippen LogP contribution in [0, 0.1) is 11.8 Å². The summed E-state index contributed by atoms with van der Waals surface area (Å²) in [5, 5.41) is 20.5. The summed E-state index contributed by atoms with van der Waals surface area (Å²) in [5.41, 5.74) is 0. The van der Waals surface area contributed by atoms with E-state index in [1.807, 2.05) is 0 Å². The number of nitrogens with zero attached hydrogens (tertiary/aromatic N) is 1. The van der Waals surface area contributed by atoms with Crippen molar-refractivity contribution in [3.63, 3.8) is 0 Å². The lowest BCUT2D eigenvalue weighted by atomic mass is 10.0. The van der Waals surface area contributed by atoms with Gasteiger partial charge in [-0.15, -0.1) is 0 Å².